The van der Waals surface area contributed by atoms with Crippen molar-refractivity contribution < 1.29 is 27.1 Å². The molecule has 0 heterocycles. The van der Waals surface area contributed by atoms with E-state index in [1.165, 1.54) is 38.6 Å². The Balaban J connectivity index is 2.15. The molecule has 0 spiro atoms. The lowest BCUT2D eigenvalue weighted by atomic mass is 10.2. The van der Waals surface area contributed by atoms with E-state index in [9.17, 15) is 17.6 Å². The van der Waals surface area contributed by atoms with E-state index >= 15 is 0 Å². The van der Waals surface area contributed by atoms with Crippen LogP contribution in [0.2, 0.25) is 0 Å². The molecule has 0 bridgehead atoms. The van der Waals surface area contributed by atoms with Crippen LogP contribution in [0.1, 0.15) is 5.56 Å². The molecule has 0 atom stereocenters. The fourth-order valence-electron chi connectivity index (χ4n) is 2.39. The molecule has 1 N–H and O–H groups in total. The van der Waals surface area contributed by atoms with E-state index in [0.29, 0.717) is 21.4 Å². The minimum atomic E-state index is -3.89. The fraction of sp³-hybridized carbons (Fsp3) is 0.222. The number of nitrogens with zero attached hydrogens (tertiary/aromatic N) is 2. The van der Waals surface area contributed by atoms with Crippen LogP contribution in [0.3, 0.4) is 0 Å². The standard InChI is InChI=1S/C18H20FN3O5S/c1-26-16-10-6-7-13(18(16)27-2)11-20-21-17(23)12-22(28(3,24)25)15-9-5-4-8-14(15)19/h4-11H,12H2,1-3H3,(H,21,23)/b20-11-. The molecule has 8 nitrogen and oxygen atoms in total. The van der Waals surface area contributed by atoms with Crippen LogP contribution in [0.4, 0.5) is 10.1 Å². The number of carbonyl (C=O) groups is 1. The minimum Gasteiger partial charge on any atom is -0.493 e. The molecule has 0 fully saturated rings. The highest BCUT2D eigenvalue weighted by Crippen LogP contribution is 2.29. The number of amides is 1. The van der Waals surface area contributed by atoms with Crippen LogP contribution in [0.5, 0.6) is 11.5 Å². The molecule has 0 aliphatic heterocycles. The van der Waals surface area contributed by atoms with Crippen LogP contribution in [0.25, 0.3) is 0 Å². The molecule has 2 aromatic rings. The summed E-state index contributed by atoms with van der Waals surface area (Å²) in [4.78, 5) is 12.1. The van der Waals surface area contributed by atoms with E-state index in [2.05, 4.69) is 10.5 Å². The normalized spacial score (nSPS) is 11.3. The number of hydrazone groups is 1. The van der Waals surface area contributed by atoms with Crippen LogP contribution < -0.4 is 19.2 Å². The molecule has 0 aliphatic carbocycles. The van der Waals surface area contributed by atoms with Gasteiger partial charge < -0.3 is 9.47 Å². The lowest BCUT2D eigenvalue weighted by molar-refractivity contribution is -0.119. The molecule has 150 valence electrons. The fourth-order valence-corrected chi connectivity index (χ4v) is 3.25. The number of carbonyl (C=O) groups excluding carboxylic acids is 1. The number of rotatable bonds is 8. The Kier molecular flexibility index (Phi) is 6.94. The lowest BCUT2D eigenvalue weighted by Gasteiger charge is -2.21. The summed E-state index contributed by atoms with van der Waals surface area (Å²) in [5.74, 6) is -0.593. The van der Waals surface area contributed by atoms with Crippen molar-refractivity contribution in [2.45, 2.75) is 0 Å². The number of nitrogens with one attached hydrogen (secondary N) is 1. The zero-order valence-corrected chi connectivity index (χ0v) is 16.4. The van der Waals surface area contributed by atoms with Gasteiger partial charge in [0.05, 0.1) is 32.4 Å². The van der Waals surface area contributed by atoms with Crippen LogP contribution in [0.15, 0.2) is 47.6 Å². The van der Waals surface area contributed by atoms with Gasteiger partial charge in [-0.1, -0.05) is 18.2 Å². The van der Waals surface area contributed by atoms with Gasteiger partial charge in [-0.05, 0) is 24.3 Å². The van der Waals surface area contributed by atoms with Crippen LogP contribution in [-0.2, 0) is 14.8 Å². The third-order valence-corrected chi connectivity index (χ3v) is 4.76. The van der Waals surface area contributed by atoms with Crippen LogP contribution >= 0.6 is 0 Å². The second-order valence-corrected chi connectivity index (χ2v) is 7.50. The first-order valence-electron chi connectivity index (χ1n) is 8.03. The Morgan fingerprint density at radius 1 is 1.18 bits per heavy atom. The van der Waals surface area contributed by atoms with Crippen molar-refractivity contribution in [2.24, 2.45) is 5.10 Å². The number of anilines is 1. The zero-order chi connectivity index (χ0) is 20.7. The van der Waals surface area contributed by atoms with Crippen LogP contribution in [-0.4, -0.2) is 47.6 Å². The Labute approximate surface area is 162 Å². The topological polar surface area (TPSA) is 97.3 Å². The van der Waals surface area contributed by atoms with Gasteiger partial charge in [0, 0.05) is 5.56 Å². The quantitative estimate of drug-likeness (QED) is 0.529. The largest absolute Gasteiger partial charge is 0.493 e. The highest BCUT2D eigenvalue weighted by Gasteiger charge is 2.23. The molecule has 2 aromatic carbocycles. The molecule has 0 aliphatic rings. The van der Waals surface area contributed by atoms with Gasteiger partial charge in [-0.15, -0.1) is 0 Å². The molecule has 0 unspecified atom stereocenters. The zero-order valence-electron chi connectivity index (χ0n) is 15.5. The predicted molar refractivity (Wildman–Crippen MR) is 104 cm³/mol. The van der Waals surface area contributed by atoms with Gasteiger partial charge in [0.25, 0.3) is 5.91 Å². The molecule has 28 heavy (non-hydrogen) atoms. The van der Waals surface area contributed by atoms with E-state index in [-0.39, 0.29) is 5.69 Å². The first-order chi connectivity index (χ1) is 13.3. The van der Waals surface area contributed by atoms with Gasteiger partial charge in [0.1, 0.15) is 12.4 Å². The first kappa shape index (κ1) is 21.2. The summed E-state index contributed by atoms with van der Waals surface area (Å²) < 4.78 is 49.0. The van der Waals surface area contributed by atoms with Crippen molar-refractivity contribution in [1.82, 2.24) is 5.43 Å². The van der Waals surface area contributed by atoms with Gasteiger partial charge in [-0.3, -0.25) is 9.10 Å². The Morgan fingerprint density at radius 2 is 1.89 bits per heavy atom. The number of para-hydroxylation sites is 2. The molecular weight excluding hydrogens is 389 g/mol. The number of sulfonamides is 1. The number of hydrogen-bond acceptors (Lipinski definition) is 6. The number of hydrogen-bond donors (Lipinski definition) is 1. The Bertz CT molecular complexity index is 979. The minimum absolute atomic E-state index is 0.224. The summed E-state index contributed by atoms with van der Waals surface area (Å²) in [7, 11) is -0.935. The maximum absolute atomic E-state index is 14.0. The van der Waals surface area contributed by atoms with Gasteiger partial charge in [0.2, 0.25) is 10.0 Å². The second-order valence-electron chi connectivity index (χ2n) is 5.60. The maximum Gasteiger partial charge on any atom is 0.260 e. The third-order valence-electron chi connectivity index (χ3n) is 3.63. The van der Waals surface area contributed by atoms with E-state index in [1.54, 1.807) is 18.2 Å². The molecule has 0 saturated carbocycles. The Hall–Kier alpha value is -3.14. The average Bonchev–Trinajstić information content (AvgIpc) is 2.65. The summed E-state index contributed by atoms with van der Waals surface area (Å²) in [6, 6.07) is 10.4. The molecule has 0 aromatic heterocycles. The molecule has 1 amide bonds. The molecule has 0 saturated heterocycles. The van der Waals surface area contributed by atoms with Crippen LogP contribution in [0, 0.1) is 5.82 Å². The van der Waals surface area contributed by atoms with E-state index in [4.69, 9.17) is 9.47 Å². The number of halogens is 1. The van der Waals surface area contributed by atoms with E-state index in [0.717, 1.165) is 12.3 Å². The van der Waals surface area contributed by atoms with E-state index < -0.39 is 28.3 Å². The average molecular weight is 409 g/mol. The molecule has 0 radical (unpaired) electrons. The number of benzene rings is 2. The van der Waals surface area contributed by atoms with Crippen molar-refractivity contribution in [1.29, 1.82) is 0 Å². The maximum atomic E-state index is 14.0. The summed E-state index contributed by atoms with van der Waals surface area (Å²) in [5, 5.41) is 3.80. The monoisotopic (exact) mass is 409 g/mol. The molecule has 10 heteroatoms. The number of methoxy groups -OCH3 is 2. The lowest BCUT2D eigenvalue weighted by Crippen LogP contribution is -2.39. The van der Waals surface area contributed by atoms with Crippen molar-refractivity contribution in [3.8, 4) is 11.5 Å². The van der Waals surface area contributed by atoms with Gasteiger partial charge in [-0.2, -0.15) is 5.10 Å². The third kappa shape index (κ3) is 5.19. The van der Waals surface area contributed by atoms with Gasteiger partial charge in [-0.25, -0.2) is 18.2 Å². The SMILES string of the molecule is COc1cccc(/C=N\NC(=O)CN(c2ccccc2F)S(C)(=O)=O)c1OC. The van der Waals surface area contributed by atoms with Crippen molar-refractivity contribution in [3.63, 3.8) is 0 Å². The number of ether oxygens (including phenoxy) is 2. The van der Waals surface area contributed by atoms with Crippen molar-refractivity contribution >= 4 is 27.8 Å². The smallest absolute Gasteiger partial charge is 0.260 e. The summed E-state index contributed by atoms with van der Waals surface area (Å²) in [5.41, 5.74) is 2.53. The summed E-state index contributed by atoms with van der Waals surface area (Å²) in [6.45, 7) is -0.633. The Morgan fingerprint density at radius 3 is 2.50 bits per heavy atom. The highest BCUT2D eigenvalue weighted by atomic mass is 32.2. The van der Waals surface area contributed by atoms with Crippen molar-refractivity contribution in [3.05, 3.63) is 53.8 Å². The van der Waals surface area contributed by atoms with Gasteiger partial charge >= 0.3 is 0 Å². The predicted octanol–water partition coefficient (Wildman–Crippen LogP) is 1.76. The van der Waals surface area contributed by atoms with Gasteiger partial charge in [0.15, 0.2) is 11.5 Å². The van der Waals surface area contributed by atoms with Crippen molar-refractivity contribution in [2.75, 3.05) is 31.3 Å². The van der Waals surface area contributed by atoms with E-state index in [1.807, 2.05) is 0 Å². The second kappa shape index (κ2) is 9.18. The molecular formula is C18H20FN3O5S. The molecule has 2 rings (SSSR count). The summed E-state index contributed by atoms with van der Waals surface area (Å²) in [6.07, 6.45) is 2.21. The summed E-state index contributed by atoms with van der Waals surface area (Å²) >= 11 is 0. The highest BCUT2D eigenvalue weighted by molar-refractivity contribution is 7.92. The first-order valence-corrected chi connectivity index (χ1v) is 9.88.